The molecule has 0 saturated carbocycles. The second-order valence-electron chi connectivity index (χ2n) is 5.08. The summed E-state index contributed by atoms with van der Waals surface area (Å²) in [5, 5.41) is 3.91. The number of amides is 1. The number of thiazole rings is 1. The second-order valence-corrected chi connectivity index (χ2v) is 6.52. The molecule has 120 valence electrons. The van der Waals surface area contributed by atoms with Gasteiger partial charge >= 0.3 is 0 Å². The van der Waals surface area contributed by atoms with Crippen LogP contribution in [0.3, 0.4) is 0 Å². The van der Waals surface area contributed by atoms with E-state index in [0.29, 0.717) is 20.5 Å². The molecule has 2 aromatic carbocycles. The van der Waals surface area contributed by atoms with E-state index in [-0.39, 0.29) is 17.5 Å². The molecule has 0 aliphatic carbocycles. The third kappa shape index (κ3) is 3.53. The minimum absolute atomic E-state index is 0.169. The van der Waals surface area contributed by atoms with Crippen LogP contribution < -0.4 is 5.32 Å². The van der Waals surface area contributed by atoms with E-state index in [9.17, 15) is 9.59 Å². The fourth-order valence-corrected chi connectivity index (χ4v) is 3.28. The van der Waals surface area contributed by atoms with Gasteiger partial charge in [-0.1, -0.05) is 54.1 Å². The van der Waals surface area contributed by atoms with Crippen molar-refractivity contribution < 1.29 is 9.59 Å². The van der Waals surface area contributed by atoms with Crippen molar-refractivity contribution in [3.05, 3.63) is 70.1 Å². The number of halogens is 1. The fraction of sp³-hybridized carbons (Fsp3) is 0.0556. The third-order valence-electron chi connectivity index (χ3n) is 3.25. The Morgan fingerprint density at radius 2 is 1.71 bits per heavy atom. The minimum atomic E-state index is -0.273. The van der Waals surface area contributed by atoms with Gasteiger partial charge in [0, 0.05) is 23.1 Å². The van der Waals surface area contributed by atoms with Crippen LogP contribution in [0.2, 0.25) is 5.02 Å². The monoisotopic (exact) mass is 356 g/mol. The fourth-order valence-electron chi connectivity index (χ4n) is 2.16. The van der Waals surface area contributed by atoms with Crippen molar-refractivity contribution in [1.29, 1.82) is 0 Å². The van der Waals surface area contributed by atoms with Gasteiger partial charge < -0.3 is 5.32 Å². The second kappa shape index (κ2) is 6.95. The topological polar surface area (TPSA) is 59.1 Å². The van der Waals surface area contributed by atoms with Crippen molar-refractivity contribution in [3.63, 3.8) is 0 Å². The van der Waals surface area contributed by atoms with Crippen molar-refractivity contribution in [2.45, 2.75) is 6.92 Å². The van der Waals surface area contributed by atoms with E-state index in [2.05, 4.69) is 10.3 Å². The summed E-state index contributed by atoms with van der Waals surface area (Å²) < 4.78 is 0. The molecule has 0 atom stereocenters. The first-order valence-electron chi connectivity index (χ1n) is 7.18. The summed E-state index contributed by atoms with van der Waals surface area (Å²) in [6.45, 7) is 1.39. The SMILES string of the molecule is CC(=O)Nc1nc(-c2ccc(Cl)cc2)sc1C(=O)c1ccccc1. The Balaban J connectivity index is 2.05. The summed E-state index contributed by atoms with van der Waals surface area (Å²) >= 11 is 7.15. The number of carbonyl (C=O) groups excluding carboxylic acids is 2. The normalized spacial score (nSPS) is 10.4. The predicted octanol–water partition coefficient (Wildman–Crippen LogP) is 4.65. The van der Waals surface area contributed by atoms with Crippen LogP contribution in [-0.4, -0.2) is 16.7 Å². The highest BCUT2D eigenvalue weighted by Gasteiger charge is 2.21. The number of rotatable bonds is 4. The lowest BCUT2D eigenvalue weighted by molar-refractivity contribution is -0.114. The molecule has 0 aliphatic heterocycles. The van der Waals surface area contributed by atoms with Gasteiger partial charge in [0.25, 0.3) is 0 Å². The zero-order valence-corrected chi connectivity index (χ0v) is 14.3. The first-order valence-corrected chi connectivity index (χ1v) is 8.38. The molecule has 1 amide bonds. The van der Waals surface area contributed by atoms with E-state index >= 15 is 0 Å². The number of carbonyl (C=O) groups is 2. The Morgan fingerprint density at radius 1 is 1.04 bits per heavy atom. The molecule has 24 heavy (non-hydrogen) atoms. The van der Waals surface area contributed by atoms with Gasteiger partial charge in [-0.3, -0.25) is 9.59 Å². The third-order valence-corrected chi connectivity index (χ3v) is 4.61. The molecule has 3 rings (SSSR count). The van der Waals surface area contributed by atoms with Crippen molar-refractivity contribution in [2.75, 3.05) is 5.32 Å². The molecule has 0 unspecified atom stereocenters. The number of nitrogens with one attached hydrogen (secondary N) is 1. The first-order chi connectivity index (χ1) is 11.5. The average molecular weight is 357 g/mol. The van der Waals surface area contributed by atoms with Gasteiger partial charge in [0.05, 0.1) is 0 Å². The summed E-state index contributed by atoms with van der Waals surface area (Å²) in [4.78, 5) is 29.0. The van der Waals surface area contributed by atoms with Crippen molar-refractivity contribution in [3.8, 4) is 10.6 Å². The molecule has 0 fully saturated rings. The summed E-state index contributed by atoms with van der Waals surface area (Å²) in [7, 11) is 0. The Bertz CT molecular complexity index is 889. The van der Waals surface area contributed by atoms with E-state index < -0.39 is 0 Å². The smallest absolute Gasteiger partial charge is 0.222 e. The number of hydrogen-bond donors (Lipinski definition) is 1. The van der Waals surface area contributed by atoms with Crippen LogP contribution in [0.5, 0.6) is 0 Å². The van der Waals surface area contributed by atoms with Crippen LogP contribution in [0.4, 0.5) is 5.82 Å². The maximum Gasteiger partial charge on any atom is 0.222 e. The van der Waals surface area contributed by atoms with E-state index in [1.807, 2.05) is 18.2 Å². The van der Waals surface area contributed by atoms with Gasteiger partial charge in [0.1, 0.15) is 9.88 Å². The van der Waals surface area contributed by atoms with Crippen LogP contribution in [-0.2, 0) is 4.79 Å². The molecule has 1 N–H and O–H groups in total. The number of anilines is 1. The maximum absolute atomic E-state index is 12.7. The lowest BCUT2D eigenvalue weighted by Gasteiger charge is -2.01. The van der Waals surface area contributed by atoms with Crippen molar-refractivity contribution in [2.24, 2.45) is 0 Å². The Kier molecular flexibility index (Phi) is 4.74. The van der Waals surface area contributed by atoms with Crippen LogP contribution in [0.1, 0.15) is 22.2 Å². The molecular formula is C18H13ClN2O2S. The van der Waals surface area contributed by atoms with E-state index in [1.54, 1.807) is 36.4 Å². The van der Waals surface area contributed by atoms with Gasteiger partial charge in [-0.15, -0.1) is 11.3 Å². The molecule has 3 aromatic rings. The van der Waals surface area contributed by atoms with Crippen LogP contribution in [0.25, 0.3) is 10.6 Å². The molecule has 0 bridgehead atoms. The number of benzene rings is 2. The van der Waals surface area contributed by atoms with Gasteiger partial charge in [0.15, 0.2) is 5.82 Å². The molecule has 1 aromatic heterocycles. The zero-order valence-electron chi connectivity index (χ0n) is 12.7. The summed E-state index contributed by atoms with van der Waals surface area (Å²) in [6.07, 6.45) is 0. The Labute approximate surface area is 148 Å². The largest absolute Gasteiger partial charge is 0.310 e. The molecule has 0 aliphatic rings. The van der Waals surface area contributed by atoms with E-state index in [4.69, 9.17) is 11.6 Å². The van der Waals surface area contributed by atoms with Crippen LogP contribution in [0, 0.1) is 0 Å². The molecule has 6 heteroatoms. The number of ketones is 1. The van der Waals surface area contributed by atoms with Crippen molar-refractivity contribution in [1.82, 2.24) is 4.98 Å². The number of nitrogens with zero attached hydrogens (tertiary/aromatic N) is 1. The highest BCUT2D eigenvalue weighted by Crippen LogP contribution is 2.33. The summed E-state index contributed by atoms with van der Waals surface area (Å²) in [5.41, 5.74) is 1.39. The first kappa shape index (κ1) is 16.4. The van der Waals surface area contributed by atoms with Crippen LogP contribution in [0.15, 0.2) is 54.6 Å². The quantitative estimate of drug-likeness (QED) is 0.692. The highest BCUT2D eigenvalue weighted by atomic mass is 35.5. The van der Waals surface area contributed by atoms with Gasteiger partial charge in [-0.25, -0.2) is 4.98 Å². The highest BCUT2D eigenvalue weighted by molar-refractivity contribution is 7.17. The van der Waals surface area contributed by atoms with E-state index in [1.165, 1.54) is 18.3 Å². The molecule has 0 saturated heterocycles. The number of aromatic nitrogens is 1. The minimum Gasteiger partial charge on any atom is -0.310 e. The zero-order chi connectivity index (χ0) is 17.1. The molecular weight excluding hydrogens is 344 g/mol. The average Bonchev–Trinajstić information content (AvgIpc) is 2.98. The maximum atomic E-state index is 12.7. The van der Waals surface area contributed by atoms with Crippen LogP contribution >= 0.6 is 22.9 Å². The number of hydrogen-bond acceptors (Lipinski definition) is 4. The molecule has 1 heterocycles. The molecule has 4 nitrogen and oxygen atoms in total. The molecule has 0 radical (unpaired) electrons. The Morgan fingerprint density at radius 3 is 2.33 bits per heavy atom. The van der Waals surface area contributed by atoms with Crippen molar-refractivity contribution >= 4 is 40.4 Å². The lowest BCUT2D eigenvalue weighted by atomic mass is 10.1. The van der Waals surface area contributed by atoms with E-state index in [0.717, 1.165) is 5.56 Å². The van der Waals surface area contributed by atoms with Gasteiger partial charge in [-0.2, -0.15) is 0 Å². The molecule has 0 spiro atoms. The lowest BCUT2D eigenvalue weighted by Crippen LogP contribution is -2.10. The predicted molar refractivity (Wildman–Crippen MR) is 96.7 cm³/mol. The standard InChI is InChI=1S/C18H13ClN2O2S/c1-11(22)20-17-16(15(23)12-5-3-2-4-6-12)24-18(21-17)13-7-9-14(19)10-8-13/h2-10H,1H3,(H,20,22). The summed E-state index contributed by atoms with van der Waals surface area (Å²) in [6, 6.07) is 16.1. The Hall–Kier alpha value is -2.50. The van der Waals surface area contributed by atoms with Gasteiger partial charge in [-0.05, 0) is 12.1 Å². The van der Waals surface area contributed by atoms with Gasteiger partial charge in [0.2, 0.25) is 11.7 Å². The summed E-state index contributed by atoms with van der Waals surface area (Å²) in [5.74, 6) is -0.159.